The number of para-hydroxylation sites is 1. The quantitative estimate of drug-likeness (QED) is 0.681. The van der Waals surface area contributed by atoms with Crippen LogP contribution in [-0.4, -0.2) is 17.1 Å². The first-order valence-corrected chi connectivity index (χ1v) is 8.14. The predicted octanol–water partition coefficient (Wildman–Crippen LogP) is 3.74. The van der Waals surface area contributed by atoms with Gasteiger partial charge < -0.3 is 10.1 Å². The SMILES string of the molecule is CC(C)Oc1cccc(/C=C2/NC(=S)N(c3ccccc3)C2=O)c1. The van der Waals surface area contributed by atoms with Crippen LogP contribution in [0.25, 0.3) is 6.08 Å². The van der Waals surface area contributed by atoms with Gasteiger partial charge in [0.1, 0.15) is 11.4 Å². The fraction of sp³-hybridized carbons (Fsp3) is 0.158. The van der Waals surface area contributed by atoms with Crippen molar-refractivity contribution in [1.82, 2.24) is 5.32 Å². The van der Waals surface area contributed by atoms with E-state index in [2.05, 4.69) is 5.32 Å². The van der Waals surface area contributed by atoms with E-state index in [1.54, 1.807) is 6.08 Å². The lowest BCUT2D eigenvalue weighted by molar-refractivity contribution is -0.113. The van der Waals surface area contributed by atoms with Gasteiger partial charge in [-0.05, 0) is 62.0 Å². The molecule has 0 saturated carbocycles. The van der Waals surface area contributed by atoms with E-state index >= 15 is 0 Å². The number of nitrogens with zero attached hydrogens (tertiary/aromatic N) is 1. The van der Waals surface area contributed by atoms with Crippen molar-refractivity contribution in [3.63, 3.8) is 0 Å². The zero-order valence-corrected chi connectivity index (χ0v) is 14.3. The molecule has 24 heavy (non-hydrogen) atoms. The number of hydrogen-bond donors (Lipinski definition) is 1. The number of carbonyl (C=O) groups is 1. The molecule has 1 heterocycles. The molecule has 1 fully saturated rings. The van der Waals surface area contributed by atoms with Crippen LogP contribution >= 0.6 is 12.2 Å². The zero-order chi connectivity index (χ0) is 17.1. The average Bonchev–Trinajstić information content (AvgIpc) is 2.82. The molecule has 0 atom stereocenters. The largest absolute Gasteiger partial charge is 0.491 e. The third-order valence-electron chi connectivity index (χ3n) is 3.43. The van der Waals surface area contributed by atoms with Gasteiger partial charge in [-0.1, -0.05) is 30.3 Å². The third-order valence-corrected chi connectivity index (χ3v) is 3.72. The van der Waals surface area contributed by atoms with Gasteiger partial charge in [0.25, 0.3) is 5.91 Å². The molecule has 2 aromatic rings. The predicted molar refractivity (Wildman–Crippen MR) is 99.8 cm³/mol. The summed E-state index contributed by atoms with van der Waals surface area (Å²) in [6.45, 7) is 3.95. The van der Waals surface area contributed by atoms with Crippen molar-refractivity contribution in [2.24, 2.45) is 0 Å². The Bertz CT molecular complexity index is 800. The highest BCUT2D eigenvalue weighted by Gasteiger charge is 2.31. The van der Waals surface area contributed by atoms with Crippen LogP contribution in [0.3, 0.4) is 0 Å². The molecule has 1 amide bonds. The van der Waals surface area contributed by atoms with Crippen LogP contribution in [0.1, 0.15) is 19.4 Å². The molecule has 0 aliphatic carbocycles. The summed E-state index contributed by atoms with van der Waals surface area (Å²) in [5, 5.41) is 3.37. The highest BCUT2D eigenvalue weighted by molar-refractivity contribution is 7.80. The van der Waals surface area contributed by atoms with Gasteiger partial charge in [0.15, 0.2) is 5.11 Å². The fourth-order valence-electron chi connectivity index (χ4n) is 2.46. The molecule has 1 saturated heterocycles. The van der Waals surface area contributed by atoms with Gasteiger partial charge in [0.05, 0.1) is 11.8 Å². The maximum absolute atomic E-state index is 12.7. The number of rotatable bonds is 4. The van der Waals surface area contributed by atoms with E-state index in [4.69, 9.17) is 17.0 Å². The van der Waals surface area contributed by atoms with E-state index in [-0.39, 0.29) is 12.0 Å². The lowest BCUT2D eigenvalue weighted by Gasteiger charge is -2.13. The summed E-state index contributed by atoms with van der Waals surface area (Å²) < 4.78 is 5.69. The van der Waals surface area contributed by atoms with Gasteiger partial charge in [0.2, 0.25) is 0 Å². The van der Waals surface area contributed by atoms with E-state index in [1.165, 1.54) is 4.90 Å². The third kappa shape index (κ3) is 3.46. The Hall–Kier alpha value is -2.66. The molecule has 0 radical (unpaired) electrons. The van der Waals surface area contributed by atoms with Gasteiger partial charge >= 0.3 is 0 Å². The van der Waals surface area contributed by atoms with Crippen LogP contribution in [0.15, 0.2) is 60.3 Å². The first-order valence-electron chi connectivity index (χ1n) is 7.73. The maximum Gasteiger partial charge on any atom is 0.281 e. The Morgan fingerprint density at radius 2 is 1.88 bits per heavy atom. The van der Waals surface area contributed by atoms with Gasteiger partial charge in [-0.15, -0.1) is 0 Å². The minimum Gasteiger partial charge on any atom is -0.491 e. The lowest BCUT2D eigenvalue weighted by atomic mass is 10.1. The van der Waals surface area contributed by atoms with E-state index in [9.17, 15) is 4.79 Å². The van der Waals surface area contributed by atoms with Crippen molar-refractivity contribution < 1.29 is 9.53 Å². The molecule has 3 rings (SSSR count). The first kappa shape index (κ1) is 16.2. The second-order valence-corrected chi connectivity index (χ2v) is 6.09. The summed E-state index contributed by atoms with van der Waals surface area (Å²) >= 11 is 5.30. The van der Waals surface area contributed by atoms with Crippen molar-refractivity contribution in [2.75, 3.05) is 4.90 Å². The molecule has 5 heteroatoms. The highest BCUT2D eigenvalue weighted by Crippen LogP contribution is 2.23. The van der Waals surface area contributed by atoms with Gasteiger partial charge in [-0.25, -0.2) is 0 Å². The Morgan fingerprint density at radius 3 is 2.58 bits per heavy atom. The Balaban J connectivity index is 1.87. The molecule has 2 aromatic carbocycles. The molecule has 1 aliphatic heterocycles. The van der Waals surface area contributed by atoms with Crippen molar-refractivity contribution in [2.45, 2.75) is 20.0 Å². The van der Waals surface area contributed by atoms with Gasteiger partial charge in [-0.2, -0.15) is 0 Å². The number of nitrogens with one attached hydrogen (secondary N) is 1. The summed E-state index contributed by atoms with van der Waals surface area (Å²) in [5.74, 6) is 0.605. The monoisotopic (exact) mass is 338 g/mol. The minimum absolute atomic E-state index is 0.0975. The van der Waals surface area contributed by atoms with Crippen LogP contribution in [0, 0.1) is 0 Å². The van der Waals surface area contributed by atoms with Gasteiger partial charge in [-0.3, -0.25) is 9.69 Å². The van der Waals surface area contributed by atoms with Crippen molar-refractivity contribution in [3.05, 3.63) is 65.9 Å². The zero-order valence-electron chi connectivity index (χ0n) is 13.5. The lowest BCUT2D eigenvalue weighted by Crippen LogP contribution is -2.30. The fourth-order valence-corrected chi connectivity index (χ4v) is 2.76. The molecule has 0 aromatic heterocycles. The first-order chi connectivity index (χ1) is 11.5. The minimum atomic E-state index is -0.165. The van der Waals surface area contributed by atoms with Crippen molar-refractivity contribution in [3.8, 4) is 5.75 Å². The molecule has 0 bridgehead atoms. The maximum atomic E-state index is 12.7. The number of benzene rings is 2. The molecule has 1 aliphatic rings. The Labute approximate surface area is 146 Å². The van der Waals surface area contributed by atoms with Crippen LogP contribution in [0.5, 0.6) is 5.75 Å². The summed E-state index contributed by atoms with van der Waals surface area (Å²) in [6.07, 6.45) is 1.88. The van der Waals surface area contributed by atoms with Gasteiger partial charge in [0, 0.05) is 0 Å². The van der Waals surface area contributed by atoms with Crippen molar-refractivity contribution in [1.29, 1.82) is 0 Å². The number of hydrogen-bond acceptors (Lipinski definition) is 3. The number of thiocarbonyl (C=S) groups is 1. The number of anilines is 1. The second kappa shape index (κ2) is 6.84. The van der Waals surface area contributed by atoms with E-state index in [0.717, 1.165) is 17.0 Å². The van der Waals surface area contributed by atoms with E-state index < -0.39 is 0 Å². The van der Waals surface area contributed by atoms with Crippen LogP contribution in [0.4, 0.5) is 5.69 Å². The number of ether oxygens (including phenoxy) is 1. The molecular formula is C19H18N2O2S. The van der Waals surface area contributed by atoms with Crippen LogP contribution in [-0.2, 0) is 4.79 Å². The van der Waals surface area contributed by atoms with E-state index in [1.807, 2.05) is 68.4 Å². The Kier molecular flexibility index (Phi) is 4.62. The average molecular weight is 338 g/mol. The molecule has 4 nitrogen and oxygen atoms in total. The van der Waals surface area contributed by atoms with E-state index in [0.29, 0.717) is 10.8 Å². The van der Waals surface area contributed by atoms with Crippen LogP contribution < -0.4 is 15.0 Å². The second-order valence-electron chi connectivity index (χ2n) is 5.70. The molecule has 122 valence electrons. The topological polar surface area (TPSA) is 41.6 Å². The summed E-state index contributed by atoms with van der Waals surface area (Å²) in [5.41, 5.74) is 2.08. The Morgan fingerprint density at radius 1 is 1.12 bits per heavy atom. The highest BCUT2D eigenvalue weighted by atomic mass is 32.1. The molecule has 0 spiro atoms. The summed E-state index contributed by atoms with van der Waals surface area (Å²) in [4.78, 5) is 14.2. The normalized spacial score (nSPS) is 16.0. The standard InChI is InChI=1S/C19H18N2O2S/c1-13(2)23-16-10-6-7-14(11-16)12-17-18(22)21(19(24)20-17)15-8-4-3-5-9-15/h3-13H,1-2H3,(H,20,24)/b17-12+. The van der Waals surface area contributed by atoms with Crippen LogP contribution in [0.2, 0.25) is 0 Å². The smallest absolute Gasteiger partial charge is 0.281 e. The molecule has 1 N–H and O–H groups in total. The number of amides is 1. The van der Waals surface area contributed by atoms with Crippen molar-refractivity contribution >= 4 is 35.0 Å². The summed E-state index contributed by atoms with van der Waals surface area (Å²) in [7, 11) is 0. The number of carbonyl (C=O) groups excluding carboxylic acids is 1. The molecule has 0 unspecified atom stereocenters. The summed E-state index contributed by atoms with van der Waals surface area (Å²) in [6, 6.07) is 17.0. The molecular weight excluding hydrogens is 320 g/mol.